The van der Waals surface area contributed by atoms with E-state index in [2.05, 4.69) is 16.8 Å². The first kappa shape index (κ1) is 10.3. The van der Waals surface area contributed by atoms with Crippen LogP contribution in [0.4, 0.5) is 0 Å². The molecule has 1 N–H and O–H groups in total. The third-order valence-electron chi connectivity index (χ3n) is 3.57. The van der Waals surface area contributed by atoms with Gasteiger partial charge in [-0.2, -0.15) is 0 Å². The molecule has 1 unspecified atom stereocenters. The summed E-state index contributed by atoms with van der Waals surface area (Å²) in [5.41, 5.74) is 0. The van der Waals surface area contributed by atoms with Crippen LogP contribution in [0.3, 0.4) is 0 Å². The smallest absolute Gasteiger partial charge is 0.238 e. The van der Waals surface area contributed by atoms with Gasteiger partial charge in [0.25, 0.3) is 0 Å². The molecule has 86 valence electrons. The van der Waals surface area contributed by atoms with Crippen molar-refractivity contribution >= 4 is 17.2 Å². The molecule has 1 aliphatic heterocycles. The van der Waals surface area contributed by atoms with Gasteiger partial charge in [0.05, 0.1) is 6.54 Å². The quantitative estimate of drug-likeness (QED) is 0.870. The largest absolute Gasteiger partial charge is 0.321 e. The first-order valence-electron chi connectivity index (χ1n) is 5.91. The molecule has 0 radical (unpaired) electrons. The first-order chi connectivity index (χ1) is 7.84. The van der Waals surface area contributed by atoms with Gasteiger partial charge in [0.1, 0.15) is 6.17 Å². The number of carbonyl (C=O) groups excluding carboxylic acids is 1. The Balaban J connectivity index is 1.74. The number of thiophene rings is 1. The molecule has 0 bridgehead atoms. The molecule has 2 heterocycles. The van der Waals surface area contributed by atoms with E-state index in [4.69, 9.17) is 0 Å². The predicted molar refractivity (Wildman–Crippen MR) is 64.1 cm³/mol. The van der Waals surface area contributed by atoms with Crippen LogP contribution in [0.25, 0.3) is 0 Å². The Kier molecular flexibility index (Phi) is 2.69. The third-order valence-corrected chi connectivity index (χ3v) is 4.50. The van der Waals surface area contributed by atoms with Gasteiger partial charge in [0.2, 0.25) is 5.91 Å². The van der Waals surface area contributed by atoms with Crippen molar-refractivity contribution in [2.45, 2.75) is 25.4 Å². The van der Waals surface area contributed by atoms with E-state index in [0.29, 0.717) is 6.54 Å². The second kappa shape index (κ2) is 4.18. The van der Waals surface area contributed by atoms with Gasteiger partial charge in [-0.1, -0.05) is 12.5 Å². The van der Waals surface area contributed by atoms with Crippen LogP contribution < -0.4 is 5.32 Å². The molecule has 1 saturated heterocycles. The van der Waals surface area contributed by atoms with E-state index < -0.39 is 0 Å². The van der Waals surface area contributed by atoms with Crippen molar-refractivity contribution in [1.82, 2.24) is 10.2 Å². The number of hydrogen-bond donors (Lipinski definition) is 1. The fraction of sp³-hybridized carbons (Fsp3) is 0.583. The standard InChI is InChI=1S/C12H16N2OS/c15-11-7-13-12(10-5-2-6-16-10)14(11)8-9-3-1-4-9/h2,5-6,9,12-13H,1,3-4,7-8H2. The zero-order chi connectivity index (χ0) is 11.0. The first-order valence-corrected chi connectivity index (χ1v) is 6.79. The van der Waals surface area contributed by atoms with Crippen molar-refractivity contribution in [2.75, 3.05) is 13.1 Å². The maximum atomic E-state index is 11.8. The van der Waals surface area contributed by atoms with Crippen molar-refractivity contribution < 1.29 is 4.79 Å². The molecule has 1 amide bonds. The van der Waals surface area contributed by atoms with Gasteiger partial charge < -0.3 is 4.90 Å². The molecular weight excluding hydrogens is 220 g/mol. The maximum Gasteiger partial charge on any atom is 0.238 e. The summed E-state index contributed by atoms with van der Waals surface area (Å²) in [5.74, 6) is 0.997. The Bertz CT molecular complexity index is 372. The molecule has 2 fully saturated rings. The highest BCUT2D eigenvalue weighted by molar-refractivity contribution is 7.10. The average Bonchev–Trinajstić information content (AvgIpc) is 2.81. The molecule has 16 heavy (non-hydrogen) atoms. The minimum atomic E-state index is 0.133. The van der Waals surface area contributed by atoms with Crippen molar-refractivity contribution in [3.05, 3.63) is 22.4 Å². The van der Waals surface area contributed by atoms with Crippen LogP contribution in [0.1, 0.15) is 30.3 Å². The van der Waals surface area contributed by atoms with Crippen LogP contribution in [0, 0.1) is 5.92 Å². The number of nitrogens with zero attached hydrogens (tertiary/aromatic N) is 1. The van der Waals surface area contributed by atoms with E-state index in [1.807, 2.05) is 11.0 Å². The minimum Gasteiger partial charge on any atom is -0.321 e. The zero-order valence-electron chi connectivity index (χ0n) is 9.19. The highest BCUT2D eigenvalue weighted by Crippen LogP contribution is 2.32. The third kappa shape index (κ3) is 1.76. The molecule has 0 aromatic carbocycles. The van der Waals surface area contributed by atoms with E-state index in [-0.39, 0.29) is 12.1 Å². The van der Waals surface area contributed by atoms with Crippen LogP contribution in [0.5, 0.6) is 0 Å². The van der Waals surface area contributed by atoms with Crippen molar-refractivity contribution in [3.8, 4) is 0 Å². The predicted octanol–water partition coefficient (Wildman–Crippen LogP) is 1.98. The lowest BCUT2D eigenvalue weighted by atomic mass is 9.85. The lowest BCUT2D eigenvalue weighted by molar-refractivity contribution is -0.129. The summed E-state index contributed by atoms with van der Waals surface area (Å²) in [6.07, 6.45) is 4.05. The van der Waals surface area contributed by atoms with Gasteiger partial charge in [0, 0.05) is 11.4 Å². The number of carbonyl (C=O) groups is 1. The summed E-state index contributed by atoms with van der Waals surface area (Å²) in [4.78, 5) is 15.1. The Morgan fingerprint density at radius 2 is 2.38 bits per heavy atom. The number of rotatable bonds is 3. The van der Waals surface area contributed by atoms with E-state index in [0.717, 1.165) is 12.5 Å². The topological polar surface area (TPSA) is 32.3 Å². The molecular formula is C12H16N2OS. The fourth-order valence-electron chi connectivity index (χ4n) is 2.40. The molecule has 4 heteroatoms. The Labute approximate surface area is 99.5 Å². The molecule has 1 aromatic rings. The Hall–Kier alpha value is -0.870. The normalized spacial score (nSPS) is 26.1. The number of hydrogen-bond acceptors (Lipinski definition) is 3. The second-order valence-electron chi connectivity index (χ2n) is 4.64. The number of amides is 1. The summed E-state index contributed by atoms with van der Waals surface area (Å²) in [6.45, 7) is 1.43. The van der Waals surface area contributed by atoms with Crippen LogP contribution in [-0.2, 0) is 4.79 Å². The lowest BCUT2D eigenvalue weighted by Gasteiger charge is -2.32. The highest BCUT2D eigenvalue weighted by atomic mass is 32.1. The average molecular weight is 236 g/mol. The van der Waals surface area contributed by atoms with Crippen LogP contribution in [-0.4, -0.2) is 23.9 Å². The molecule has 1 saturated carbocycles. The van der Waals surface area contributed by atoms with Crippen molar-refractivity contribution in [2.24, 2.45) is 5.92 Å². The van der Waals surface area contributed by atoms with E-state index >= 15 is 0 Å². The number of nitrogens with one attached hydrogen (secondary N) is 1. The monoisotopic (exact) mass is 236 g/mol. The molecule has 1 aromatic heterocycles. The summed E-state index contributed by atoms with van der Waals surface area (Å²) in [6, 6.07) is 4.15. The van der Waals surface area contributed by atoms with Gasteiger partial charge in [-0.25, -0.2) is 0 Å². The fourth-order valence-corrected chi connectivity index (χ4v) is 3.21. The molecule has 3 nitrogen and oxygen atoms in total. The molecule has 1 atom stereocenters. The molecule has 3 rings (SSSR count). The van der Waals surface area contributed by atoms with E-state index in [1.165, 1.54) is 24.1 Å². The zero-order valence-corrected chi connectivity index (χ0v) is 10.0. The summed E-state index contributed by atoms with van der Waals surface area (Å²) in [5, 5.41) is 5.37. The SMILES string of the molecule is O=C1CNC(c2cccs2)N1CC1CCC1. The molecule has 0 spiro atoms. The van der Waals surface area contributed by atoms with Crippen LogP contribution >= 0.6 is 11.3 Å². The van der Waals surface area contributed by atoms with Gasteiger partial charge in [0.15, 0.2) is 0 Å². The van der Waals surface area contributed by atoms with Gasteiger partial charge in [-0.15, -0.1) is 11.3 Å². The van der Waals surface area contributed by atoms with Crippen LogP contribution in [0.15, 0.2) is 17.5 Å². The maximum absolute atomic E-state index is 11.8. The summed E-state index contributed by atoms with van der Waals surface area (Å²) >= 11 is 1.72. The van der Waals surface area contributed by atoms with Gasteiger partial charge in [-0.05, 0) is 30.2 Å². The Morgan fingerprint density at radius 3 is 3.00 bits per heavy atom. The Morgan fingerprint density at radius 1 is 1.50 bits per heavy atom. The van der Waals surface area contributed by atoms with Gasteiger partial charge in [-0.3, -0.25) is 10.1 Å². The molecule has 1 aliphatic carbocycles. The highest BCUT2D eigenvalue weighted by Gasteiger charge is 2.34. The van der Waals surface area contributed by atoms with E-state index in [1.54, 1.807) is 11.3 Å². The van der Waals surface area contributed by atoms with Crippen molar-refractivity contribution in [1.29, 1.82) is 0 Å². The van der Waals surface area contributed by atoms with Crippen molar-refractivity contribution in [3.63, 3.8) is 0 Å². The van der Waals surface area contributed by atoms with E-state index in [9.17, 15) is 4.79 Å². The molecule has 2 aliphatic rings. The second-order valence-corrected chi connectivity index (χ2v) is 5.62. The summed E-state index contributed by atoms with van der Waals surface area (Å²) in [7, 11) is 0. The lowest BCUT2D eigenvalue weighted by Crippen LogP contribution is -2.36. The van der Waals surface area contributed by atoms with Crippen LogP contribution in [0.2, 0.25) is 0 Å². The van der Waals surface area contributed by atoms with Gasteiger partial charge >= 0.3 is 0 Å². The summed E-state index contributed by atoms with van der Waals surface area (Å²) < 4.78 is 0. The minimum absolute atomic E-state index is 0.133.